The normalized spacial score (nSPS) is 15.7. The average molecular weight is 435 g/mol. The Balaban J connectivity index is 1.43. The summed E-state index contributed by atoms with van der Waals surface area (Å²) in [5.74, 6) is -0.335. The van der Waals surface area contributed by atoms with E-state index < -0.39 is 6.17 Å². The number of halogens is 1. The molecule has 164 valence electrons. The van der Waals surface area contributed by atoms with Gasteiger partial charge in [0.1, 0.15) is 11.2 Å². The first-order chi connectivity index (χ1) is 15.6. The molecule has 4 aromatic heterocycles. The zero-order chi connectivity index (χ0) is 22.1. The van der Waals surface area contributed by atoms with Crippen LogP contribution in [0, 0.1) is 0 Å². The molecule has 32 heavy (non-hydrogen) atoms. The van der Waals surface area contributed by atoms with Gasteiger partial charge in [-0.3, -0.25) is 14.5 Å². The minimum atomic E-state index is -1.53. The number of furan rings is 1. The number of carbonyl (C=O) groups is 1. The molecule has 0 bridgehead atoms. The van der Waals surface area contributed by atoms with Crippen molar-refractivity contribution < 1.29 is 18.3 Å². The number of ether oxygens (including phenoxy) is 1. The fourth-order valence-corrected chi connectivity index (χ4v) is 3.85. The SMILES string of the molecule is Cn1cc(-c2ccc(C(F)c3cc(C(=O)NC4CCOCC4)nc4ccoc34)cn2)cn1. The standard InChI is InChI=1S/C23H22FN5O3/c1-29-13-15(12-26-29)18-3-2-14(11-25-18)21(24)17-10-20(28-19-6-9-32-22(17)19)23(30)27-16-4-7-31-8-5-16/h2-3,6,9-13,16,21H,4-5,7-8H2,1H3,(H,27,30). The zero-order valence-electron chi connectivity index (χ0n) is 17.5. The summed E-state index contributed by atoms with van der Waals surface area (Å²) in [5.41, 5.74) is 3.05. The number of hydrogen-bond donors (Lipinski definition) is 1. The van der Waals surface area contributed by atoms with Gasteiger partial charge in [0.05, 0.1) is 18.2 Å². The largest absolute Gasteiger partial charge is 0.462 e. The average Bonchev–Trinajstić information content (AvgIpc) is 3.47. The number of rotatable bonds is 5. The van der Waals surface area contributed by atoms with E-state index in [4.69, 9.17) is 9.15 Å². The summed E-state index contributed by atoms with van der Waals surface area (Å²) in [7, 11) is 1.82. The summed E-state index contributed by atoms with van der Waals surface area (Å²) in [6.07, 6.45) is 6.43. The van der Waals surface area contributed by atoms with Crippen LogP contribution in [-0.4, -0.2) is 44.9 Å². The lowest BCUT2D eigenvalue weighted by Gasteiger charge is -2.23. The Bertz CT molecular complexity index is 1240. The highest BCUT2D eigenvalue weighted by Gasteiger charge is 2.24. The van der Waals surface area contributed by atoms with Gasteiger partial charge in [0.2, 0.25) is 0 Å². The van der Waals surface area contributed by atoms with Gasteiger partial charge in [0.25, 0.3) is 5.91 Å². The number of nitrogens with zero attached hydrogens (tertiary/aromatic N) is 4. The van der Waals surface area contributed by atoms with Crippen molar-refractivity contribution in [2.45, 2.75) is 25.1 Å². The van der Waals surface area contributed by atoms with E-state index in [-0.39, 0.29) is 23.2 Å². The highest BCUT2D eigenvalue weighted by atomic mass is 19.1. The first-order valence-electron chi connectivity index (χ1n) is 10.4. The van der Waals surface area contributed by atoms with Crippen molar-refractivity contribution in [3.8, 4) is 11.3 Å². The van der Waals surface area contributed by atoms with Gasteiger partial charge in [-0.2, -0.15) is 5.10 Å². The van der Waals surface area contributed by atoms with Crippen LogP contribution in [0.3, 0.4) is 0 Å². The third kappa shape index (κ3) is 3.99. The van der Waals surface area contributed by atoms with Crippen LogP contribution in [0.5, 0.6) is 0 Å². The Morgan fingerprint density at radius 1 is 1.25 bits per heavy atom. The predicted molar refractivity (Wildman–Crippen MR) is 115 cm³/mol. The molecule has 0 spiro atoms. The maximum Gasteiger partial charge on any atom is 0.270 e. The molecule has 5 heterocycles. The number of fused-ring (bicyclic) bond motifs is 1. The third-order valence-corrected chi connectivity index (χ3v) is 5.58. The van der Waals surface area contributed by atoms with Crippen LogP contribution < -0.4 is 5.32 Å². The van der Waals surface area contributed by atoms with Crippen molar-refractivity contribution in [3.05, 3.63) is 65.9 Å². The highest BCUT2D eigenvalue weighted by Crippen LogP contribution is 2.33. The Morgan fingerprint density at radius 3 is 2.81 bits per heavy atom. The zero-order valence-corrected chi connectivity index (χ0v) is 17.5. The second-order valence-electron chi connectivity index (χ2n) is 7.83. The molecule has 1 N–H and O–H groups in total. The number of carbonyl (C=O) groups excluding carboxylic acids is 1. The van der Waals surface area contributed by atoms with Crippen LogP contribution in [0.1, 0.15) is 40.6 Å². The van der Waals surface area contributed by atoms with Gasteiger partial charge >= 0.3 is 0 Å². The summed E-state index contributed by atoms with van der Waals surface area (Å²) < 4.78 is 28.1. The predicted octanol–water partition coefficient (Wildman–Crippen LogP) is 3.59. The van der Waals surface area contributed by atoms with E-state index >= 15 is 4.39 Å². The van der Waals surface area contributed by atoms with E-state index in [9.17, 15) is 4.79 Å². The number of alkyl halides is 1. The van der Waals surface area contributed by atoms with Gasteiger partial charge in [-0.15, -0.1) is 0 Å². The fraction of sp³-hybridized carbons (Fsp3) is 0.304. The molecule has 4 aromatic rings. The second-order valence-corrected chi connectivity index (χ2v) is 7.83. The van der Waals surface area contributed by atoms with Crippen molar-refractivity contribution in [2.75, 3.05) is 13.2 Å². The smallest absolute Gasteiger partial charge is 0.270 e. The van der Waals surface area contributed by atoms with Crippen molar-refractivity contribution in [1.29, 1.82) is 0 Å². The molecule has 1 aliphatic heterocycles. The van der Waals surface area contributed by atoms with Gasteiger partial charge in [0, 0.05) is 61.5 Å². The minimum absolute atomic E-state index is 0.0203. The molecule has 1 amide bonds. The molecule has 0 radical (unpaired) electrons. The van der Waals surface area contributed by atoms with Crippen LogP contribution in [-0.2, 0) is 11.8 Å². The Labute approximate surface area is 183 Å². The Morgan fingerprint density at radius 2 is 2.09 bits per heavy atom. The maximum absolute atomic E-state index is 15.6. The van der Waals surface area contributed by atoms with E-state index in [1.165, 1.54) is 18.5 Å². The first-order valence-corrected chi connectivity index (χ1v) is 10.4. The molecule has 5 rings (SSSR count). The Kier molecular flexibility index (Phi) is 5.40. The molecule has 1 saturated heterocycles. The lowest BCUT2D eigenvalue weighted by molar-refractivity contribution is 0.0694. The second kappa shape index (κ2) is 8.51. The number of aryl methyl sites for hydroxylation is 1. The lowest BCUT2D eigenvalue weighted by Crippen LogP contribution is -2.39. The van der Waals surface area contributed by atoms with Crippen molar-refractivity contribution in [1.82, 2.24) is 25.1 Å². The lowest BCUT2D eigenvalue weighted by atomic mass is 10.0. The summed E-state index contributed by atoms with van der Waals surface area (Å²) in [4.78, 5) is 21.6. The van der Waals surface area contributed by atoms with Crippen LogP contribution in [0.15, 0.2) is 53.5 Å². The Hall–Kier alpha value is -3.59. The number of hydrogen-bond acceptors (Lipinski definition) is 6. The van der Waals surface area contributed by atoms with Crippen LogP contribution in [0.4, 0.5) is 4.39 Å². The quantitative estimate of drug-likeness (QED) is 0.515. The fourth-order valence-electron chi connectivity index (χ4n) is 3.85. The van der Waals surface area contributed by atoms with E-state index in [1.54, 1.807) is 29.1 Å². The van der Waals surface area contributed by atoms with Crippen LogP contribution in [0.2, 0.25) is 0 Å². The maximum atomic E-state index is 15.6. The number of nitrogens with one attached hydrogen (secondary N) is 1. The molecule has 1 unspecified atom stereocenters. The molecule has 1 aliphatic rings. The summed E-state index contributed by atoms with van der Waals surface area (Å²) >= 11 is 0. The number of pyridine rings is 2. The molecule has 1 fully saturated rings. The third-order valence-electron chi connectivity index (χ3n) is 5.58. The number of aromatic nitrogens is 4. The van der Waals surface area contributed by atoms with Crippen molar-refractivity contribution in [2.24, 2.45) is 7.05 Å². The molecular formula is C23H22FN5O3. The first kappa shape index (κ1) is 20.3. The highest BCUT2D eigenvalue weighted by molar-refractivity contribution is 5.95. The van der Waals surface area contributed by atoms with Crippen molar-refractivity contribution >= 4 is 17.0 Å². The topological polar surface area (TPSA) is 95.1 Å². The van der Waals surface area contributed by atoms with Gasteiger partial charge in [-0.1, -0.05) is 6.07 Å². The van der Waals surface area contributed by atoms with E-state index in [1.807, 2.05) is 13.2 Å². The molecular weight excluding hydrogens is 413 g/mol. The monoisotopic (exact) mass is 435 g/mol. The van der Waals surface area contributed by atoms with E-state index in [2.05, 4.69) is 20.4 Å². The summed E-state index contributed by atoms with van der Waals surface area (Å²) in [6.45, 7) is 1.22. The molecule has 9 heteroatoms. The molecule has 8 nitrogen and oxygen atoms in total. The van der Waals surface area contributed by atoms with Gasteiger partial charge in [-0.25, -0.2) is 9.37 Å². The summed E-state index contributed by atoms with van der Waals surface area (Å²) in [5, 5.41) is 7.10. The van der Waals surface area contributed by atoms with Gasteiger partial charge in [-0.05, 0) is 25.0 Å². The van der Waals surface area contributed by atoms with Crippen LogP contribution in [0.25, 0.3) is 22.4 Å². The van der Waals surface area contributed by atoms with Crippen molar-refractivity contribution in [3.63, 3.8) is 0 Å². The minimum Gasteiger partial charge on any atom is -0.462 e. The van der Waals surface area contributed by atoms with E-state index in [0.717, 1.165) is 18.4 Å². The molecule has 0 aliphatic carbocycles. The van der Waals surface area contributed by atoms with Gasteiger partial charge in [0.15, 0.2) is 11.8 Å². The molecule has 0 aromatic carbocycles. The van der Waals surface area contributed by atoms with Gasteiger partial charge < -0.3 is 14.5 Å². The molecule has 0 saturated carbocycles. The van der Waals surface area contributed by atoms with E-state index in [0.29, 0.717) is 35.6 Å². The molecule has 1 atom stereocenters. The number of amides is 1. The summed E-state index contributed by atoms with van der Waals surface area (Å²) in [6, 6.07) is 6.53. The van der Waals surface area contributed by atoms with Crippen LogP contribution >= 0.6 is 0 Å².